The topological polar surface area (TPSA) is 89.5 Å². The van der Waals surface area contributed by atoms with Crippen molar-refractivity contribution in [3.63, 3.8) is 0 Å². The van der Waals surface area contributed by atoms with E-state index >= 15 is 0 Å². The van der Waals surface area contributed by atoms with Crippen molar-refractivity contribution in [3.05, 3.63) is 83.3 Å². The Morgan fingerprint density at radius 1 is 0.931 bits per heavy atom. The summed E-state index contributed by atoms with van der Waals surface area (Å²) in [5, 5.41) is 27.3. The Hall–Kier alpha value is -3.41. The van der Waals surface area contributed by atoms with Crippen LogP contribution in [0.1, 0.15) is 11.5 Å². The van der Waals surface area contributed by atoms with Crippen LogP contribution in [0, 0.1) is 11.3 Å². The molecule has 0 saturated carbocycles. The average molecular weight is 421 g/mol. The molecule has 7 nitrogen and oxygen atoms in total. The second kappa shape index (κ2) is 8.73. The molecule has 2 aromatic heterocycles. The van der Waals surface area contributed by atoms with Gasteiger partial charge in [-0.15, -0.1) is 20.4 Å². The van der Waals surface area contributed by atoms with Gasteiger partial charge in [0.15, 0.2) is 11.5 Å². The largest absolute Gasteiger partial charge is 0.486 e. The molecular weight excluding hydrogens is 408 g/mol. The van der Waals surface area contributed by atoms with Crippen molar-refractivity contribution in [1.29, 1.82) is 5.26 Å². The molecule has 0 N–H and O–H groups in total. The van der Waals surface area contributed by atoms with E-state index in [1.54, 1.807) is 36.4 Å². The zero-order valence-corrected chi connectivity index (χ0v) is 16.5. The van der Waals surface area contributed by atoms with Crippen LogP contribution in [0.2, 0.25) is 5.02 Å². The van der Waals surface area contributed by atoms with Crippen molar-refractivity contribution in [3.8, 4) is 17.5 Å². The lowest BCUT2D eigenvalue weighted by atomic mass is 10.3. The van der Waals surface area contributed by atoms with Gasteiger partial charge in [0, 0.05) is 10.7 Å². The van der Waals surface area contributed by atoms with Crippen LogP contribution < -0.4 is 4.74 Å². The van der Waals surface area contributed by atoms with Crippen LogP contribution in [-0.2, 0) is 6.61 Å². The normalized spacial score (nSPS) is 10.5. The van der Waals surface area contributed by atoms with Gasteiger partial charge in [-0.3, -0.25) is 4.57 Å². The van der Waals surface area contributed by atoms with E-state index < -0.39 is 0 Å². The van der Waals surface area contributed by atoms with E-state index in [9.17, 15) is 0 Å². The second-order valence-corrected chi connectivity index (χ2v) is 7.21. The lowest BCUT2D eigenvalue weighted by Crippen LogP contribution is -2.06. The van der Waals surface area contributed by atoms with Crippen LogP contribution in [0.15, 0.2) is 76.9 Å². The number of nitriles is 1. The highest BCUT2D eigenvalue weighted by Crippen LogP contribution is 2.28. The first-order valence-corrected chi connectivity index (χ1v) is 9.72. The highest BCUT2D eigenvalue weighted by Gasteiger charge is 2.16. The first kappa shape index (κ1) is 18.9. The molecule has 0 aliphatic heterocycles. The van der Waals surface area contributed by atoms with Crippen molar-refractivity contribution >= 4 is 23.4 Å². The molecule has 0 atom stereocenters. The molecule has 2 heterocycles. The van der Waals surface area contributed by atoms with E-state index in [4.69, 9.17) is 21.6 Å². The van der Waals surface area contributed by atoms with Gasteiger partial charge in [-0.1, -0.05) is 29.8 Å². The number of ether oxygens (including phenoxy) is 1. The first-order valence-electron chi connectivity index (χ1n) is 8.53. The average Bonchev–Trinajstić information content (AvgIpc) is 3.17. The monoisotopic (exact) mass is 420 g/mol. The highest BCUT2D eigenvalue weighted by atomic mass is 35.5. The maximum Gasteiger partial charge on any atom is 0.202 e. The molecular formula is C20H13ClN6OS. The van der Waals surface area contributed by atoms with E-state index in [-0.39, 0.29) is 12.3 Å². The minimum absolute atomic E-state index is 0.225. The number of rotatable bonds is 6. The molecule has 0 fully saturated rings. The van der Waals surface area contributed by atoms with Crippen LogP contribution in [0.25, 0.3) is 5.69 Å². The fraction of sp³-hybridized carbons (Fsp3) is 0.0500. The molecule has 0 bridgehead atoms. The molecule has 9 heteroatoms. The van der Waals surface area contributed by atoms with E-state index in [1.165, 1.54) is 11.8 Å². The molecule has 0 aliphatic carbocycles. The van der Waals surface area contributed by atoms with Gasteiger partial charge in [0.05, 0.1) is 0 Å². The highest BCUT2D eigenvalue weighted by molar-refractivity contribution is 7.99. The summed E-state index contributed by atoms with van der Waals surface area (Å²) in [6.07, 6.45) is 0. The van der Waals surface area contributed by atoms with Crippen molar-refractivity contribution in [2.75, 3.05) is 0 Å². The number of hydrogen-bond acceptors (Lipinski definition) is 7. The summed E-state index contributed by atoms with van der Waals surface area (Å²) in [6, 6.07) is 22.2. The Bertz CT molecular complexity index is 1140. The zero-order chi connectivity index (χ0) is 20.1. The molecule has 29 heavy (non-hydrogen) atoms. The van der Waals surface area contributed by atoms with E-state index in [0.29, 0.717) is 26.8 Å². The lowest BCUT2D eigenvalue weighted by molar-refractivity contribution is 0.293. The van der Waals surface area contributed by atoms with Crippen molar-refractivity contribution < 1.29 is 4.74 Å². The van der Waals surface area contributed by atoms with Gasteiger partial charge >= 0.3 is 0 Å². The molecule has 2 aromatic carbocycles. The van der Waals surface area contributed by atoms with Gasteiger partial charge in [-0.25, -0.2) is 0 Å². The second-order valence-electron chi connectivity index (χ2n) is 5.78. The van der Waals surface area contributed by atoms with Crippen molar-refractivity contribution in [1.82, 2.24) is 25.0 Å². The lowest BCUT2D eigenvalue weighted by Gasteiger charge is -2.11. The number of hydrogen-bond donors (Lipinski definition) is 0. The number of halogens is 1. The third-order valence-electron chi connectivity index (χ3n) is 3.85. The molecule has 4 rings (SSSR count). The molecule has 0 radical (unpaired) electrons. The molecule has 0 amide bonds. The maximum atomic E-state index is 8.88. The predicted octanol–water partition coefficient (Wildman–Crippen LogP) is 4.31. The smallest absolute Gasteiger partial charge is 0.202 e. The summed E-state index contributed by atoms with van der Waals surface area (Å²) in [5.74, 6) is 1.32. The summed E-state index contributed by atoms with van der Waals surface area (Å²) >= 11 is 7.23. The van der Waals surface area contributed by atoms with Gasteiger partial charge in [-0.2, -0.15) is 5.26 Å². The zero-order valence-electron chi connectivity index (χ0n) is 14.9. The molecule has 4 aromatic rings. The first-order chi connectivity index (χ1) is 14.2. The summed E-state index contributed by atoms with van der Waals surface area (Å²) in [6.45, 7) is 0.225. The van der Waals surface area contributed by atoms with Crippen LogP contribution in [0.4, 0.5) is 0 Å². The van der Waals surface area contributed by atoms with Gasteiger partial charge in [0.25, 0.3) is 0 Å². The van der Waals surface area contributed by atoms with E-state index in [2.05, 4.69) is 20.4 Å². The summed E-state index contributed by atoms with van der Waals surface area (Å²) in [5.41, 5.74) is 1.16. The number of para-hydroxylation sites is 1. The van der Waals surface area contributed by atoms with Crippen LogP contribution in [-0.4, -0.2) is 25.0 Å². The number of aromatic nitrogens is 5. The standard InChI is InChI=1S/C20H13ClN6OS/c21-14-6-9-17(10-7-14)28-13-18-24-26-20(27(18)16-4-2-1-3-5-16)29-19-11-8-15(12-22)23-25-19/h1-11H,13H2. The Morgan fingerprint density at radius 3 is 2.41 bits per heavy atom. The number of benzene rings is 2. The maximum absolute atomic E-state index is 8.88. The molecule has 0 unspecified atom stereocenters. The van der Waals surface area contributed by atoms with E-state index in [0.717, 1.165) is 5.69 Å². The van der Waals surface area contributed by atoms with Gasteiger partial charge < -0.3 is 4.74 Å². The fourth-order valence-corrected chi connectivity index (χ4v) is 3.42. The van der Waals surface area contributed by atoms with Crippen LogP contribution in [0.3, 0.4) is 0 Å². The molecule has 0 aliphatic rings. The summed E-state index contributed by atoms with van der Waals surface area (Å²) < 4.78 is 7.75. The minimum atomic E-state index is 0.225. The van der Waals surface area contributed by atoms with Crippen LogP contribution >= 0.6 is 23.4 Å². The van der Waals surface area contributed by atoms with Crippen molar-refractivity contribution in [2.45, 2.75) is 16.8 Å². The van der Waals surface area contributed by atoms with E-state index in [1.807, 2.05) is 41.0 Å². The Labute approximate surface area is 175 Å². The van der Waals surface area contributed by atoms with Gasteiger partial charge in [-0.05, 0) is 60.3 Å². The van der Waals surface area contributed by atoms with Crippen LogP contribution in [0.5, 0.6) is 5.75 Å². The SMILES string of the molecule is N#Cc1ccc(Sc2nnc(COc3ccc(Cl)cc3)n2-c2ccccc2)nn1. The number of nitrogens with zero attached hydrogens (tertiary/aromatic N) is 6. The van der Waals surface area contributed by atoms with Gasteiger partial charge in [0.1, 0.15) is 23.5 Å². The summed E-state index contributed by atoms with van der Waals surface area (Å²) in [7, 11) is 0. The Balaban J connectivity index is 1.62. The van der Waals surface area contributed by atoms with Gasteiger partial charge in [0.2, 0.25) is 5.16 Å². The summed E-state index contributed by atoms with van der Waals surface area (Å²) in [4.78, 5) is 0. The fourth-order valence-electron chi connectivity index (χ4n) is 2.50. The third-order valence-corrected chi connectivity index (χ3v) is 4.97. The third kappa shape index (κ3) is 4.54. The Morgan fingerprint density at radius 2 is 1.72 bits per heavy atom. The minimum Gasteiger partial charge on any atom is -0.486 e. The molecule has 0 spiro atoms. The molecule has 142 valence electrons. The van der Waals surface area contributed by atoms with Crippen molar-refractivity contribution in [2.24, 2.45) is 0 Å². The quantitative estimate of drug-likeness (QED) is 0.459. The Kier molecular flexibility index (Phi) is 5.70. The molecule has 0 saturated heterocycles. The predicted molar refractivity (Wildman–Crippen MR) is 108 cm³/mol.